The summed E-state index contributed by atoms with van der Waals surface area (Å²) in [5.74, 6) is 0.114. The maximum Gasteiger partial charge on any atom is 0.309 e. The number of nitrogens with zero attached hydrogens (tertiary/aromatic N) is 1. The molecule has 1 aliphatic carbocycles. The first-order valence-electron chi connectivity index (χ1n) is 6.52. The van der Waals surface area contributed by atoms with Gasteiger partial charge in [0.05, 0.1) is 0 Å². The third-order valence-corrected chi connectivity index (χ3v) is 3.41. The largest absolute Gasteiger partial charge is 0.328 e. The maximum absolute atomic E-state index is 11.5. The Morgan fingerprint density at radius 2 is 2.37 bits per heavy atom. The van der Waals surface area contributed by atoms with Crippen LogP contribution in [0.25, 0.3) is 4.85 Å². The van der Waals surface area contributed by atoms with Gasteiger partial charge >= 0.3 is 6.07 Å². The Hall–Kier alpha value is -1.27. The molecule has 1 N–H and O–H groups in total. The van der Waals surface area contributed by atoms with Gasteiger partial charge in [-0.25, -0.2) is 0 Å². The van der Waals surface area contributed by atoms with Gasteiger partial charge in [-0.3, -0.25) is 4.79 Å². The average Bonchev–Trinajstić information content (AvgIpc) is 2.31. The Morgan fingerprint density at radius 1 is 1.68 bits per heavy atom. The van der Waals surface area contributed by atoms with E-state index < -0.39 is 0 Å². The fourth-order valence-electron chi connectivity index (χ4n) is 2.56. The van der Waals surface area contributed by atoms with Gasteiger partial charge in [-0.1, -0.05) is 32.2 Å². The number of allylic oxidation sites excluding steroid dienone is 2. The van der Waals surface area contributed by atoms with Gasteiger partial charge in [-0.15, -0.1) is 11.6 Å². The van der Waals surface area contributed by atoms with E-state index in [0.29, 0.717) is 12.5 Å². The van der Waals surface area contributed by atoms with Crippen LogP contribution >= 0.6 is 11.6 Å². The highest BCUT2D eigenvalue weighted by molar-refractivity contribution is 6.27. The van der Waals surface area contributed by atoms with E-state index >= 15 is 0 Å². The summed E-state index contributed by atoms with van der Waals surface area (Å²) in [6, 6.07) is 3.07. The van der Waals surface area contributed by atoms with Gasteiger partial charge in [0.15, 0.2) is 0 Å². The molecule has 0 spiro atoms. The molecule has 1 rings (SSSR count). The standard InChI is InChI=1S/C15H21ClN2O/c1-5-6-17-10-12-11(2)7-15(3,4)8-13(12)18-14(19)9-16/h5,11H,1,6-9H2,2-4H3/p+1. The minimum atomic E-state index is -0.176. The highest BCUT2D eigenvalue weighted by atomic mass is 35.5. The summed E-state index contributed by atoms with van der Waals surface area (Å²) < 4.78 is 0. The van der Waals surface area contributed by atoms with Crippen LogP contribution in [0.4, 0.5) is 0 Å². The molecule has 104 valence electrons. The van der Waals surface area contributed by atoms with Crippen LogP contribution in [0.1, 0.15) is 33.6 Å². The molecule has 0 heterocycles. The van der Waals surface area contributed by atoms with Crippen molar-refractivity contribution in [3.63, 3.8) is 0 Å². The second kappa shape index (κ2) is 6.77. The monoisotopic (exact) mass is 281 g/mol. The number of hydrogen-bond acceptors (Lipinski definition) is 1. The quantitative estimate of drug-likeness (QED) is 0.623. The molecule has 0 saturated carbocycles. The van der Waals surface area contributed by atoms with E-state index in [0.717, 1.165) is 24.1 Å². The zero-order valence-corrected chi connectivity index (χ0v) is 12.7. The lowest BCUT2D eigenvalue weighted by molar-refractivity contribution is -0.118. The Bertz CT molecular complexity index is 455. The van der Waals surface area contributed by atoms with Crippen molar-refractivity contribution in [2.75, 3.05) is 12.4 Å². The molecule has 0 aliphatic heterocycles. The van der Waals surface area contributed by atoms with Gasteiger partial charge in [0.25, 0.3) is 6.54 Å². The molecule has 4 heteroatoms. The molecule has 0 aromatic rings. The number of halogens is 1. The molecule has 1 atom stereocenters. The van der Waals surface area contributed by atoms with Crippen LogP contribution in [0.2, 0.25) is 0 Å². The number of nitrogens with one attached hydrogen (secondary N) is 1. The third-order valence-electron chi connectivity index (χ3n) is 3.16. The van der Waals surface area contributed by atoms with Crippen molar-refractivity contribution < 1.29 is 4.79 Å². The molecule has 0 fully saturated rings. The molecule has 1 amide bonds. The first-order chi connectivity index (χ1) is 8.89. The molecular formula is C15H22ClN2O+. The Balaban J connectivity index is 3.07. The fraction of sp³-hybridized carbons (Fsp3) is 0.600. The highest BCUT2D eigenvalue weighted by Gasteiger charge is 2.34. The first kappa shape index (κ1) is 15.8. The minimum absolute atomic E-state index is 0.0324. The van der Waals surface area contributed by atoms with E-state index in [2.05, 4.69) is 43.6 Å². The number of amides is 1. The molecule has 0 aromatic carbocycles. The van der Waals surface area contributed by atoms with Crippen LogP contribution in [0, 0.1) is 17.4 Å². The van der Waals surface area contributed by atoms with Gasteiger partial charge in [-0.05, 0) is 30.3 Å². The highest BCUT2D eigenvalue weighted by Crippen LogP contribution is 2.40. The van der Waals surface area contributed by atoms with Crippen molar-refractivity contribution >= 4 is 17.5 Å². The zero-order chi connectivity index (χ0) is 14.5. The molecule has 0 aromatic heterocycles. The van der Waals surface area contributed by atoms with Gasteiger partial charge in [0.1, 0.15) is 11.5 Å². The molecule has 3 nitrogen and oxygen atoms in total. The molecular weight excluding hydrogens is 260 g/mol. The second-order valence-corrected chi connectivity index (χ2v) is 6.03. The van der Waals surface area contributed by atoms with Crippen molar-refractivity contribution in [2.24, 2.45) is 11.3 Å². The van der Waals surface area contributed by atoms with Crippen molar-refractivity contribution in [1.29, 1.82) is 0 Å². The van der Waals surface area contributed by atoms with Crippen molar-refractivity contribution in [3.05, 3.63) is 28.8 Å². The summed E-state index contributed by atoms with van der Waals surface area (Å²) in [4.78, 5) is 15.7. The molecule has 1 aliphatic rings. The smallest absolute Gasteiger partial charge is 0.309 e. The Kier molecular flexibility index (Phi) is 5.62. The predicted octanol–water partition coefficient (Wildman–Crippen LogP) is 3.57. The third kappa shape index (κ3) is 4.72. The minimum Gasteiger partial charge on any atom is -0.328 e. The lowest BCUT2D eigenvalue weighted by Crippen LogP contribution is -2.33. The van der Waals surface area contributed by atoms with Crippen LogP contribution in [0.15, 0.2) is 23.9 Å². The van der Waals surface area contributed by atoms with Crippen molar-refractivity contribution in [2.45, 2.75) is 33.6 Å². The fourth-order valence-corrected chi connectivity index (χ4v) is 2.63. The summed E-state index contributed by atoms with van der Waals surface area (Å²) in [6.45, 7) is 10.7. The lowest BCUT2D eigenvalue weighted by Gasteiger charge is -2.34. The topological polar surface area (TPSA) is 33.5 Å². The van der Waals surface area contributed by atoms with Crippen LogP contribution in [-0.4, -0.2) is 18.3 Å². The van der Waals surface area contributed by atoms with E-state index in [9.17, 15) is 4.79 Å². The zero-order valence-electron chi connectivity index (χ0n) is 11.9. The summed E-state index contributed by atoms with van der Waals surface area (Å²) >= 11 is 5.56. The lowest BCUT2D eigenvalue weighted by atomic mass is 9.72. The van der Waals surface area contributed by atoms with Gasteiger partial charge in [0.2, 0.25) is 5.91 Å². The van der Waals surface area contributed by atoms with E-state index in [-0.39, 0.29) is 17.2 Å². The number of rotatable bonds is 3. The van der Waals surface area contributed by atoms with Gasteiger partial charge in [-0.2, -0.15) is 0 Å². The van der Waals surface area contributed by atoms with Gasteiger partial charge in [0, 0.05) is 5.70 Å². The number of carbonyl (C=O) groups excluding carboxylic acids is 1. The van der Waals surface area contributed by atoms with E-state index in [1.807, 2.05) is 0 Å². The van der Waals surface area contributed by atoms with Crippen LogP contribution in [0.3, 0.4) is 0 Å². The first-order valence-corrected chi connectivity index (χ1v) is 7.05. The van der Waals surface area contributed by atoms with E-state index in [1.165, 1.54) is 0 Å². The van der Waals surface area contributed by atoms with Crippen LogP contribution < -0.4 is 5.32 Å². The summed E-state index contributed by atoms with van der Waals surface area (Å²) in [6.07, 6.45) is 3.59. The van der Waals surface area contributed by atoms with E-state index in [1.54, 1.807) is 6.08 Å². The van der Waals surface area contributed by atoms with E-state index in [4.69, 9.17) is 11.6 Å². The summed E-state index contributed by atoms with van der Waals surface area (Å²) in [5.41, 5.74) is 2.06. The molecule has 0 saturated heterocycles. The SMILES string of the molecule is C=CC[N+]#CC1=C(NC(=O)CCl)CC(C)(C)CC1C. The van der Waals surface area contributed by atoms with Crippen molar-refractivity contribution in [3.8, 4) is 6.07 Å². The molecule has 1 unspecified atom stereocenters. The Labute approximate surface area is 120 Å². The second-order valence-electron chi connectivity index (χ2n) is 5.76. The number of hydrogen-bond donors (Lipinski definition) is 1. The van der Waals surface area contributed by atoms with Gasteiger partial charge < -0.3 is 5.32 Å². The molecule has 0 radical (unpaired) electrons. The Morgan fingerprint density at radius 3 is 2.95 bits per heavy atom. The molecule has 19 heavy (non-hydrogen) atoms. The summed E-state index contributed by atoms with van der Waals surface area (Å²) in [5, 5.41) is 2.89. The van der Waals surface area contributed by atoms with Crippen LogP contribution in [-0.2, 0) is 4.79 Å². The number of alkyl halides is 1. The maximum atomic E-state index is 11.5. The van der Waals surface area contributed by atoms with Crippen molar-refractivity contribution in [1.82, 2.24) is 5.32 Å². The van der Waals surface area contributed by atoms with Crippen LogP contribution in [0.5, 0.6) is 0 Å². The normalized spacial score (nSPS) is 21.4. The molecule has 0 bridgehead atoms. The summed E-state index contributed by atoms with van der Waals surface area (Å²) in [7, 11) is 0. The average molecular weight is 282 g/mol. The number of carbonyl (C=O) groups is 1. The predicted molar refractivity (Wildman–Crippen MR) is 80.4 cm³/mol.